The molecule has 5 heteroatoms. The fourth-order valence-electron chi connectivity index (χ4n) is 2.17. The molecule has 0 radical (unpaired) electrons. The second-order valence-electron chi connectivity index (χ2n) is 8.56. The van der Waals surface area contributed by atoms with Gasteiger partial charge in [0.2, 0.25) is 0 Å². The van der Waals surface area contributed by atoms with Gasteiger partial charge < -0.3 is 9.16 Å². The number of hydrogen-bond acceptors (Lipinski definition) is 4. The average Bonchev–Trinajstić information content (AvgIpc) is 2.48. The maximum Gasteiger partial charge on any atom is 0.313 e. The zero-order chi connectivity index (χ0) is 19.7. The van der Waals surface area contributed by atoms with E-state index in [1.807, 2.05) is 0 Å². The highest BCUT2D eigenvalue weighted by Gasteiger charge is 2.36. The Bertz CT molecular complexity index is 447. The van der Waals surface area contributed by atoms with Gasteiger partial charge in [-0.1, -0.05) is 46.8 Å². The Morgan fingerprint density at radius 3 is 2.24 bits per heavy atom. The van der Waals surface area contributed by atoms with E-state index in [-0.39, 0.29) is 17.2 Å². The summed E-state index contributed by atoms with van der Waals surface area (Å²) in [5.41, 5.74) is 0. The quantitative estimate of drug-likeness (QED) is 0.166. The molecule has 0 aliphatic rings. The summed E-state index contributed by atoms with van der Waals surface area (Å²) in [4.78, 5) is 22.9. The Kier molecular flexibility index (Phi) is 10.5. The van der Waals surface area contributed by atoms with E-state index in [0.717, 1.165) is 19.4 Å². The van der Waals surface area contributed by atoms with Gasteiger partial charge in [-0.3, -0.25) is 9.59 Å². The lowest BCUT2D eigenvalue weighted by molar-refractivity contribution is -0.143. The largest absolute Gasteiger partial charge is 0.469 e. The van der Waals surface area contributed by atoms with Gasteiger partial charge in [0, 0.05) is 13.0 Å². The molecule has 0 aromatic carbocycles. The van der Waals surface area contributed by atoms with E-state index in [4.69, 9.17) is 4.43 Å². The van der Waals surface area contributed by atoms with Crippen LogP contribution < -0.4 is 0 Å². The van der Waals surface area contributed by atoms with Crippen LogP contribution in [0.5, 0.6) is 0 Å². The molecule has 0 aromatic heterocycles. The summed E-state index contributed by atoms with van der Waals surface area (Å²) in [5.74, 6) is 0.300. The van der Waals surface area contributed by atoms with Gasteiger partial charge in [-0.15, -0.1) is 0 Å². The van der Waals surface area contributed by atoms with Gasteiger partial charge in [0.15, 0.2) is 8.32 Å². The molecular formula is C20H38O4Si. The van der Waals surface area contributed by atoms with Crippen LogP contribution in [-0.4, -0.2) is 33.8 Å². The van der Waals surface area contributed by atoms with Crippen molar-refractivity contribution in [2.24, 2.45) is 11.8 Å². The van der Waals surface area contributed by atoms with E-state index >= 15 is 0 Å². The first-order valence-corrected chi connectivity index (χ1v) is 12.2. The third-order valence-corrected chi connectivity index (χ3v) is 9.66. The lowest BCUT2D eigenvalue weighted by atomic mass is 9.89. The number of methoxy groups -OCH3 is 1. The topological polar surface area (TPSA) is 52.6 Å². The maximum atomic E-state index is 11.8. The van der Waals surface area contributed by atoms with Crippen LogP contribution in [0.3, 0.4) is 0 Å². The van der Waals surface area contributed by atoms with Gasteiger partial charge in [0.05, 0.1) is 7.11 Å². The molecule has 0 heterocycles. The van der Waals surface area contributed by atoms with Crippen LogP contribution in [0.25, 0.3) is 0 Å². The number of carbonyl (C=O) groups excluding carboxylic acids is 2. The minimum atomic E-state index is -1.68. The van der Waals surface area contributed by atoms with E-state index in [0.29, 0.717) is 18.3 Å². The summed E-state index contributed by atoms with van der Waals surface area (Å²) in [6.07, 6.45) is 6.33. The first-order valence-electron chi connectivity index (χ1n) is 9.30. The molecule has 146 valence electrons. The van der Waals surface area contributed by atoms with Crippen LogP contribution in [0.1, 0.15) is 60.3 Å². The smallest absolute Gasteiger partial charge is 0.313 e. The van der Waals surface area contributed by atoms with E-state index in [1.54, 1.807) is 0 Å². The molecule has 0 spiro atoms. The first-order chi connectivity index (χ1) is 11.4. The Balaban J connectivity index is 4.33. The number of Topliss-reactive ketones (excluding diaryl/α,β-unsaturated/α-hetero) is 1. The third-order valence-electron chi connectivity index (χ3n) is 5.12. The molecule has 0 aliphatic carbocycles. The fourth-order valence-corrected chi connectivity index (χ4v) is 3.23. The summed E-state index contributed by atoms with van der Waals surface area (Å²) in [6, 6.07) is 0. The van der Waals surface area contributed by atoms with E-state index in [1.165, 1.54) is 7.11 Å². The summed E-state index contributed by atoms with van der Waals surface area (Å²) >= 11 is 0. The van der Waals surface area contributed by atoms with Crippen LogP contribution in [0.2, 0.25) is 18.1 Å². The van der Waals surface area contributed by atoms with E-state index in [9.17, 15) is 9.59 Å². The Morgan fingerprint density at radius 1 is 1.16 bits per heavy atom. The molecule has 1 unspecified atom stereocenters. The normalized spacial score (nSPS) is 14.1. The van der Waals surface area contributed by atoms with Gasteiger partial charge in [0.1, 0.15) is 12.2 Å². The summed E-state index contributed by atoms with van der Waals surface area (Å²) in [6.45, 7) is 16.3. The number of ether oxygens (including phenoxy) is 1. The van der Waals surface area contributed by atoms with Crippen molar-refractivity contribution in [1.29, 1.82) is 0 Å². The van der Waals surface area contributed by atoms with Gasteiger partial charge in [-0.2, -0.15) is 0 Å². The monoisotopic (exact) mass is 370 g/mol. The molecule has 0 rings (SSSR count). The summed E-state index contributed by atoms with van der Waals surface area (Å²) < 4.78 is 10.7. The van der Waals surface area contributed by atoms with Crippen molar-refractivity contribution in [1.82, 2.24) is 0 Å². The van der Waals surface area contributed by atoms with Gasteiger partial charge in [-0.25, -0.2) is 0 Å². The molecule has 0 saturated carbocycles. The van der Waals surface area contributed by atoms with Crippen molar-refractivity contribution in [3.8, 4) is 0 Å². The standard InChI is InChI=1S/C20H38O4Si/c1-16(2)17(12-13-18(21)15-19(22)23-6)11-9-10-14-24-25(7,8)20(3,4)5/h9,11,16-17H,10,12-15H2,1-8H3/b11-9-. The second-order valence-corrected chi connectivity index (χ2v) is 13.4. The predicted molar refractivity (Wildman–Crippen MR) is 106 cm³/mol. The number of carbonyl (C=O) groups is 2. The zero-order valence-corrected chi connectivity index (χ0v) is 18.5. The maximum absolute atomic E-state index is 11.8. The molecular weight excluding hydrogens is 332 g/mol. The molecule has 0 saturated heterocycles. The molecule has 25 heavy (non-hydrogen) atoms. The zero-order valence-electron chi connectivity index (χ0n) is 17.5. The Morgan fingerprint density at radius 2 is 1.76 bits per heavy atom. The minimum absolute atomic E-state index is 0.0489. The van der Waals surface area contributed by atoms with Crippen molar-refractivity contribution in [2.75, 3.05) is 13.7 Å². The lowest BCUT2D eigenvalue weighted by Gasteiger charge is -2.36. The average molecular weight is 371 g/mol. The second kappa shape index (κ2) is 10.9. The highest BCUT2D eigenvalue weighted by atomic mass is 28.4. The fraction of sp³-hybridized carbons (Fsp3) is 0.800. The molecule has 4 nitrogen and oxygen atoms in total. The first kappa shape index (κ1) is 24.1. The number of esters is 1. The number of rotatable bonds is 11. The van der Waals surface area contributed by atoms with Crippen molar-refractivity contribution in [3.05, 3.63) is 12.2 Å². The minimum Gasteiger partial charge on any atom is -0.469 e. The highest BCUT2D eigenvalue weighted by Crippen LogP contribution is 2.36. The number of allylic oxidation sites excluding steroid dienone is 1. The van der Waals surface area contributed by atoms with Crippen LogP contribution in [0.4, 0.5) is 0 Å². The van der Waals surface area contributed by atoms with Crippen LogP contribution in [0.15, 0.2) is 12.2 Å². The molecule has 0 N–H and O–H groups in total. The van der Waals surface area contributed by atoms with Crippen molar-refractivity contribution in [2.45, 2.75) is 78.4 Å². The molecule has 0 aliphatic heterocycles. The van der Waals surface area contributed by atoms with Gasteiger partial charge in [0.25, 0.3) is 0 Å². The van der Waals surface area contributed by atoms with Gasteiger partial charge in [-0.05, 0) is 42.8 Å². The SMILES string of the molecule is COC(=O)CC(=O)CCC(/C=C\CCO[Si](C)(C)C(C)(C)C)C(C)C. The van der Waals surface area contributed by atoms with Gasteiger partial charge >= 0.3 is 5.97 Å². The summed E-state index contributed by atoms with van der Waals surface area (Å²) in [7, 11) is -0.369. The molecule has 1 atom stereocenters. The highest BCUT2D eigenvalue weighted by molar-refractivity contribution is 6.74. The van der Waals surface area contributed by atoms with Crippen molar-refractivity contribution in [3.63, 3.8) is 0 Å². The van der Waals surface area contributed by atoms with E-state index < -0.39 is 14.3 Å². The molecule has 0 fully saturated rings. The molecule has 0 aromatic rings. The van der Waals surface area contributed by atoms with Crippen molar-refractivity contribution < 1.29 is 18.8 Å². The summed E-state index contributed by atoms with van der Waals surface area (Å²) in [5, 5.41) is 0.233. The number of ketones is 1. The molecule has 0 amide bonds. The van der Waals surface area contributed by atoms with Crippen molar-refractivity contribution >= 4 is 20.1 Å². The van der Waals surface area contributed by atoms with Crippen LogP contribution >= 0.6 is 0 Å². The number of hydrogen-bond donors (Lipinski definition) is 0. The third kappa shape index (κ3) is 9.95. The molecule has 0 bridgehead atoms. The Labute approximate surface area is 155 Å². The predicted octanol–water partition coefficient (Wildman–Crippen LogP) is 5.14. The van der Waals surface area contributed by atoms with Crippen LogP contribution in [-0.2, 0) is 18.8 Å². The van der Waals surface area contributed by atoms with Crippen LogP contribution in [0, 0.1) is 11.8 Å². The Hall–Kier alpha value is -0.943. The lowest BCUT2D eigenvalue weighted by Crippen LogP contribution is -2.40. The van der Waals surface area contributed by atoms with E-state index in [2.05, 4.69) is 64.6 Å².